The van der Waals surface area contributed by atoms with E-state index in [1.807, 2.05) is 19.1 Å². The maximum atomic E-state index is 13.4. The average Bonchev–Trinajstić information content (AvgIpc) is 3.41. The number of halogens is 3. The number of piperazine rings is 1. The van der Waals surface area contributed by atoms with Crippen LogP contribution < -0.4 is 15.0 Å². The first kappa shape index (κ1) is 24.7. The number of carbonyl (C=O) groups is 1. The van der Waals surface area contributed by atoms with Crippen LogP contribution in [-0.2, 0) is 6.42 Å². The van der Waals surface area contributed by atoms with Crippen molar-refractivity contribution in [3.8, 4) is 5.75 Å². The van der Waals surface area contributed by atoms with Gasteiger partial charge in [-0.3, -0.25) is 9.69 Å². The lowest BCUT2D eigenvalue weighted by Crippen LogP contribution is -2.48. The molecule has 1 saturated heterocycles. The van der Waals surface area contributed by atoms with Crippen molar-refractivity contribution in [2.45, 2.75) is 25.9 Å². The van der Waals surface area contributed by atoms with Gasteiger partial charge in [-0.1, -0.05) is 0 Å². The lowest BCUT2D eigenvalue weighted by molar-refractivity contribution is 0.0854. The van der Waals surface area contributed by atoms with Crippen LogP contribution in [-0.4, -0.2) is 82.9 Å². The molecule has 4 heterocycles. The second-order valence-electron chi connectivity index (χ2n) is 8.34. The highest BCUT2D eigenvalue weighted by atomic mass is 19.3. The molecule has 0 radical (unpaired) electrons. The fourth-order valence-corrected chi connectivity index (χ4v) is 4.38. The Morgan fingerprint density at radius 3 is 2.69 bits per heavy atom. The Morgan fingerprint density at radius 1 is 1.23 bits per heavy atom. The maximum Gasteiger partial charge on any atom is 0.261 e. The van der Waals surface area contributed by atoms with Gasteiger partial charge < -0.3 is 20.1 Å². The summed E-state index contributed by atoms with van der Waals surface area (Å²) >= 11 is 0. The highest BCUT2D eigenvalue weighted by molar-refractivity contribution is 6.09. The summed E-state index contributed by atoms with van der Waals surface area (Å²) in [5, 5.41) is 14.0. The topological polar surface area (TPSA) is 95.2 Å². The van der Waals surface area contributed by atoms with E-state index >= 15 is 0 Å². The number of nitrogens with zero attached hydrogens (tertiary/aromatic N) is 5. The van der Waals surface area contributed by atoms with Crippen LogP contribution in [0, 0.1) is 5.82 Å². The van der Waals surface area contributed by atoms with E-state index in [1.54, 1.807) is 4.90 Å². The molecule has 1 aromatic carbocycles. The van der Waals surface area contributed by atoms with Crippen molar-refractivity contribution < 1.29 is 27.8 Å². The first-order valence-electron chi connectivity index (χ1n) is 11.2. The van der Waals surface area contributed by atoms with Crippen molar-refractivity contribution in [2.24, 2.45) is 0 Å². The number of carbonyl (C=O) groups excluding carboxylic acids is 1. The summed E-state index contributed by atoms with van der Waals surface area (Å²) in [7, 11) is 1.00. The molecule has 35 heavy (non-hydrogen) atoms. The third-order valence-electron chi connectivity index (χ3n) is 5.94. The third-order valence-corrected chi connectivity index (χ3v) is 5.94. The summed E-state index contributed by atoms with van der Waals surface area (Å²) in [5.41, 5.74) is 2.81. The quantitative estimate of drug-likeness (QED) is 0.565. The molecule has 2 aliphatic rings. The number of hydrogen-bond donors (Lipinski definition) is 2. The predicted molar refractivity (Wildman–Crippen MR) is 124 cm³/mol. The van der Waals surface area contributed by atoms with Gasteiger partial charge >= 0.3 is 0 Å². The van der Waals surface area contributed by atoms with E-state index in [-0.39, 0.29) is 23.9 Å². The van der Waals surface area contributed by atoms with E-state index in [9.17, 15) is 18.0 Å². The van der Waals surface area contributed by atoms with Gasteiger partial charge in [0, 0.05) is 51.3 Å². The van der Waals surface area contributed by atoms with Crippen molar-refractivity contribution >= 4 is 22.9 Å². The number of anilines is 2. The first-order valence-corrected chi connectivity index (χ1v) is 11.2. The monoisotopic (exact) mass is 492 g/mol. The van der Waals surface area contributed by atoms with Gasteiger partial charge in [-0.25, -0.2) is 22.7 Å². The smallest absolute Gasteiger partial charge is 0.261 e. The molecule has 0 saturated carbocycles. The van der Waals surface area contributed by atoms with E-state index in [1.165, 1.54) is 10.7 Å². The van der Waals surface area contributed by atoms with Crippen molar-refractivity contribution in [2.75, 3.05) is 50.1 Å². The second-order valence-corrected chi connectivity index (χ2v) is 8.34. The number of rotatable bonds is 5. The van der Waals surface area contributed by atoms with Crippen molar-refractivity contribution in [3.63, 3.8) is 0 Å². The van der Waals surface area contributed by atoms with Gasteiger partial charge in [-0.2, -0.15) is 5.10 Å². The Balaban J connectivity index is 0.00000141. The number of aliphatic hydroxyl groups is 1. The standard InChI is InChI=1S/C22H23F3N6O2.CH4O/c1-13-6-14-7-17(28-22(32)16-10-27-31-11-15(23)9-26-21(16)31)18(8-19(14)33-13)30-4-2-29(3-5-30)12-20(24)25;1-2/h7-11,13,20H,2-6,12H2,1H3,(H,28,32);2H,1H3. The number of aliphatic hydroxyl groups excluding tert-OH is 1. The van der Waals surface area contributed by atoms with Crippen LogP contribution in [0.25, 0.3) is 5.65 Å². The number of aromatic nitrogens is 3. The predicted octanol–water partition coefficient (Wildman–Crippen LogP) is 2.44. The summed E-state index contributed by atoms with van der Waals surface area (Å²) in [5.74, 6) is -0.217. The van der Waals surface area contributed by atoms with Crippen LogP contribution in [0.1, 0.15) is 22.8 Å². The molecule has 2 N–H and O–H groups in total. The van der Waals surface area contributed by atoms with Gasteiger partial charge in [0.2, 0.25) is 0 Å². The molecule has 3 aromatic rings. The lowest BCUT2D eigenvalue weighted by atomic mass is 10.1. The minimum atomic E-state index is -2.37. The summed E-state index contributed by atoms with van der Waals surface area (Å²) < 4.78 is 46.0. The van der Waals surface area contributed by atoms with Crippen LogP contribution in [0.5, 0.6) is 5.75 Å². The molecule has 9 nitrogen and oxygen atoms in total. The molecule has 0 bridgehead atoms. The largest absolute Gasteiger partial charge is 0.490 e. The summed E-state index contributed by atoms with van der Waals surface area (Å²) in [6.07, 6.45) is 1.91. The van der Waals surface area contributed by atoms with E-state index in [0.717, 1.165) is 42.9 Å². The molecule has 0 aliphatic carbocycles. The number of alkyl halides is 2. The van der Waals surface area contributed by atoms with Gasteiger partial charge in [-0.15, -0.1) is 0 Å². The zero-order valence-corrected chi connectivity index (χ0v) is 19.4. The zero-order chi connectivity index (χ0) is 25.1. The molecule has 2 aromatic heterocycles. The van der Waals surface area contributed by atoms with Crippen molar-refractivity contribution in [3.05, 3.63) is 47.7 Å². The van der Waals surface area contributed by atoms with E-state index in [4.69, 9.17) is 9.84 Å². The second kappa shape index (κ2) is 10.5. The fourth-order valence-electron chi connectivity index (χ4n) is 4.38. The molecule has 5 rings (SSSR count). The van der Waals surface area contributed by atoms with Gasteiger partial charge in [0.15, 0.2) is 11.5 Å². The Hall–Kier alpha value is -3.38. The summed E-state index contributed by atoms with van der Waals surface area (Å²) in [6, 6.07) is 3.80. The molecule has 1 atom stereocenters. The number of ether oxygens (including phenoxy) is 1. The zero-order valence-electron chi connectivity index (χ0n) is 19.4. The van der Waals surface area contributed by atoms with Gasteiger partial charge in [0.1, 0.15) is 17.4 Å². The minimum Gasteiger partial charge on any atom is -0.490 e. The van der Waals surface area contributed by atoms with Gasteiger partial charge in [0.25, 0.3) is 12.3 Å². The highest BCUT2D eigenvalue weighted by Gasteiger charge is 2.27. The fraction of sp³-hybridized carbons (Fsp3) is 0.435. The van der Waals surface area contributed by atoms with Crippen molar-refractivity contribution in [1.29, 1.82) is 0 Å². The normalized spacial score (nSPS) is 17.7. The van der Waals surface area contributed by atoms with Crippen molar-refractivity contribution in [1.82, 2.24) is 19.5 Å². The first-order chi connectivity index (χ1) is 16.9. The maximum absolute atomic E-state index is 13.4. The lowest BCUT2D eigenvalue weighted by Gasteiger charge is -2.37. The van der Waals surface area contributed by atoms with E-state index in [0.29, 0.717) is 31.9 Å². The number of hydrogen-bond acceptors (Lipinski definition) is 7. The summed E-state index contributed by atoms with van der Waals surface area (Å²) in [4.78, 5) is 20.9. The number of benzene rings is 1. The van der Waals surface area contributed by atoms with Crippen LogP contribution in [0.2, 0.25) is 0 Å². The van der Waals surface area contributed by atoms with E-state index in [2.05, 4.69) is 20.3 Å². The highest BCUT2D eigenvalue weighted by Crippen LogP contribution is 2.39. The number of amides is 1. The Labute approximate surface area is 200 Å². The van der Waals surface area contributed by atoms with Crippen LogP contribution in [0.4, 0.5) is 24.5 Å². The molecular formula is C23H27F3N6O3. The molecule has 12 heteroatoms. The molecular weight excluding hydrogens is 465 g/mol. The van der Waals surface area contributed by atoms with Crippen LogP contribution >= 0.6 is 0 Å². The Morgan fingerprint density at radius 2 is 1.97 bits per heavy atom. The molecule has 1 fully saturated rings. The Kier molecular flexibility index (Phi) is 7.41. The summed E-state index contributed by atoms with van der Waals surface area (Å²) in [6.45, 7) is 3.81. The number of nitrogens with one attached hydrogen (secondary N) is 1. The van der Waals surface area contributed by atoms with E-state index < -0.39 is 18.1 Å². The minimum absolute atomic E-state index is 0.0282. The third kappa shape index (κ3) is 5.33. The average molecular weight is 493 g/mol. The molecule has 1 unspecified atom stereocenters. The van der Waals surface area contributed by atoms with Crippen LogP contribution in [0.3, 0.4) is 0 Å². The molecule has 0 spiro atoms. The Bertz CT molecular complexity index is 1200. The number of fused-ring (bicyclic) bond motifs is 2. The van der Waals surface area contributed by atoms with Crippen LogP contribution in [0.15, 0.2) is 30.7 Å². The molecule has 188 valence electrons. The van der Waals surface area contributed by atoms with Gasteiger partial charge in [-0.05, 0) is 13.0 Å². The SMILES string of the molecule is CC1Cc2cc(NC(=O)c3cnn4cc(F)cnc34)c(N3CCN(CC(F)F)CC3)cc2O1.CO. The van der Waals surface area contributed by atoms with Gasteiger partial charge in [0.05, 0.1) is 36.5 Å². The molecule has 1 amide bonds. The molecule has 2 aliphatic heterocycles.